The number of phenolic OH excluding ortho intramolecular Hbond substituents is 1. The van der Waals surface area contributed by atoms with E-state index < -0.39 is 5.97 Å². The van der Waals surface area contributed by atoms with Crippen LogP contribution in [0.2, 0.25) is 0 Å². The van der Waals surface area contributed by atoms with Gasteiger partial charge in [-0.05, 0) is 31.7 Å². The third-order valence-electron chi connectivity index (χ3n) is 3.83. The summed E-state index contributed by atoms with van der Waals surface area (Å²) in [5.41, 5.74) is 1.15. The van der Waals surface area contributed by atoms with Crippen LogP contribution in [0.4, 0.5) is 0 Å². The predicted octanol–water partition coefficient (Wildman–Crippen LogP) is 3.24. The number of hydrogen-bond acceptors (Lipinski definition) is 3. The predicted molar refractivity (Wildman–Crippen MR) is 71.8 cm³/mol. The van der Waals surface area contributed by atoms with Crippen molar-refractivity contribution in [3.8, 4) is 11.5 Å². The summed E-state index contributed by atoms with van der Waals surface area (Å²) in [5, 5.41) is 29.2. The molecule has 0 heterocycles. The molecule has 4 heteroatoms. The second kappa shape index (κ2) is 5.95. The van der Waals surface area contributed by atoms with E-state index in [0.29, 0.717) is 18.4 Å². The van der Waals surface area contributed by atoms with Gasteiger partial charge in [-0.1, -0.05) is 25.7 Å². The van der Waals surface area contributed by atoms with Crippen molar-refractivity contribution in [2.75, 3.05) is 0 Å². The summed E-state index contributed by atoms with van der Waals surface area (Å²) in [5.74, 6) is -1.36. The van der Waals surface area contributed by atoms with Crippen LogP contribution in [-0.4, -0.2) is 21.3 Å². The average molecular weight is 264 g/mol. The molecule has 0 spiro atoms. The maximum Gasteiger partial charge on any atom is 0.339 e. The number of aromatic hydroxyl groups is 2. The van der Waals surface area contributed by atoms with Gasteiger partial charge in [0.15, 0.2) is 0 Å². The number of aromatic carboxylic acids is 1. The highest BCUT2D eigenvalue weighted by atomic mass is 16.4. The van der Waals surface area contributed by atoms with E-state index >= 15 is 0 Å². The van der Waals surface area contributed by atoms with Crippen molar-refractivity contribution in [3.63, 3.8) is 0 Å². The van der Waals surface area contributed by atoms with Crippen LogP contribution in [0.25, 0.3) is 0 Å². The second-order valence-electron chi connectivity index (χ2n) is 5.18. The Labute approximate surface area is 112 Å². The zero-order valence-corrected chi connectivity index (χ0v) is 11.0. The molecule has 0 atom stereocenters. The summed E-state index contributed by atoms with van der Waals surface area (Å²) in [6.45, 7) is 0. The molecule has 1 aliphatic carbocycles. The van der Waals surface area contributed by atoms with E-state index in [0.717, 1.165) is 31.2 Å². The number of carboxylic acid groups (broad SMARTS) is 1. The number of carboxylic acids is 1. The van der Waals surface area contributed by atoms with Crippen molar-refractivity contribution < 1.29 is 20.1 Å². The summed E-state index contributed by atoms with van der Waals surface area (Å²) in [6, 6.07) is 1.17. The maximum atomic E-state index is 11.1. The SMILES string of the molecule is O=C(O)c1cc(O)c2c(c1O)CCCCCCCC2. The van der Waals surface area contributed by atoms with Gasteiger partial charge >= 0.3 is 5.97 Å². The van der Waals surface area contributed by atoms with E-state index in [1.807, 2.05) is 0 Å². The van der Waals surface area contributed by atoms with Crippen molar-refractivity contribution in [2.24, 2.45) is 0 Å². The van der Waals surface area contributed by atoms with Gasteiger partial charge in [-0.2, -0.15) is 0 Å². The Balaban J connectivity index is 2.45. The molecule has 0 fully saturated rings. The van der Waals surface area contributed by atoms with Crippen molar-refractivity contribution >= 4 is 5.97 Å². The van der Waals surface area contributed by atoms with Gasteiger partial charge in [0.2, 0.25) is 0 Å². The Bertz CT molecular complexity index is 480. The number of carbonyl (C=O) groups is 1. The summed E-state index contributed by atoms with van der Waals surface area (Å²) in [7, 11) is 0. The fraction of sp³-hybridized carbons (Fsp3) is 0.533. The number of benzene rings is 1. The van der Waals surface area contributed by atoms with Gasteiger partial charge in [0.1, 0.15) is 17.1 Å². The highest BCUT2D eigenvalue weighted by Gasteiger charge is 2.21. The molecule has 2 rings (SSSR count). The van der Waals surface area contributed by atoms with Crippen LogP contribution < -0.4 is 0 Å². The van der Waals surface area contributed by atoms with Gasteiger partial charge in [-0.15, -0.1) is 0 Å². The molecule has 19 heavy (non-hydrogen) atoms. The van der Waals surface area contributed by atoms with Gasteiger partial charge < -0.3 is 15.3 Å². The molecule has 1 aliphatic rings. The number of rotatable bonds is 1. The molecule has 3 N–H and O–H groups in total. The molecule has 0 bridgehead atoms. The number of phenols is 2. The molecule has 4 nitrogen and oxygen atoms in total. The summed E-state index contributed by atoms with van der Waals surface area (Å²) < 4.78 is 0. The largest absolute Gasteiger partial charge is 0.508 e. The van der Waals surface area contributed by atoms with Gasteiger partial charge in [-0.3, -0.25) is 0 Å². The first kappa shape index (κ1) is 13.7. The third-order valence-corrected chi connectivity index (χ3v) is 3.83. The minimum atomic E-state index is -1.20. The molecule has 0 saturated heterocycles. The average Bonchev–Trinajstić information content (AvgIpc) is 2.39. The van der Waals surface area contributed by atoms with E-state index in [4.69, 9.17) is 5.11 Å². The van der Waals surface area contributed by atoms with Crippen LogP contribution in [-0.2, 0) is 12.8 Å². The molecule has 0 amide bonds. The molecule has 0 radical (unpaired) electrons. The maximum absolute atomic E-state index is 11.1. The van der Waals surface area contributed by atoms with Gasteiger partial charge in [0.25, 0.3) is 0 Å². The zero-order chi connectivity index (χ0) is 13.8. The van der Waals surface area contributed by atoms with Crippen LogP contribution in [0, 0.1) is 0 Å². The first-order valence-corrected chi connectivity index (χ1v) is 6.91. The van der Waals surface area contributed by atoms with Gasteiger partial charge in [-0.25, -0.2) is 4.79 Å². The van der Waals surface area contributed by atoms with Crippen LogP contribution >= 0.6 is 0 Å². The lowest BCUT2D eigenvalue weighted by atomic mass is 9.91. The second-order valence-corrected chi connectivity index (χ2v) is 5.18. The Morgan fingerprint density at radius 1 is 0.895 bits per heavy atom. The quantitative estimate of drug-likeness (QED) is 0.680. The molecule has 0 unspecified atom stereocenters. The highest BCUT2D eigenvalue weighted by Crippen LogP contribution is 2.36. The monoisotopic (exact) mass is 264 g/mol. The van der Waals surface area contributed by atoms with Gasteiger partial charge in [0, 0.05) is 11.1 Å². The van der Waals surface area contributed by atoms with E-state index in [9.17, 15) is 15.0 Å². The van der Waals surface area contributed by atoms with Crippen molar-refractivity contribution in [3.05, 3.63) is 22.8 Å². The molecule has 1 aromatic carbocycles. The van der Waals surface area contributed by atoms with Crippen molar-refractivity contribution in [1.29, 1.82) is 0 Å². The van der Waals surface area contributed by atoms with Crippen molar-refractivity contribution in [2.45, 2.75) is 51.4 Å². The molecule has 1 aromatic rings. The van der Waals surface area contributed by atoms with Crippen LogP contribution in [0.15, 0.2) is 6.07 Å². The smallest absolute Gasteiger partial charge is 0.339 e. The normalized spacial score (nSPS) is 16.6. The lowest BCUT2D eigenvalue weighted by Gasteiger charge is -2.17. The first-order chi connectivity index (χ1) is 9.11. The van der Waals surface area contributed by atoms with E-state index in [1.165, 1.54) is 18.9 Å². The number of hydrogen-bond donors (Lipinski definition) is 3. The zero-order valence-electron chi connectivity index (χ0n) is 11.0. The fourth-order valence-electron chi connectivity index (χ4n) is 2.77. The molecular weight excluding hydrogens is 244 g/mol. The summed E-state index contributed by atoms with van der Waals surface area (Å²) in [4.78, 5) is 11.1. The van der Waals surface area contributed by atoms with Crippen LogP contribution in [0.5, 0.6) is 11.5 Å². The van der Waals surface area contributed by atoms with E-state index in [1.54, 1.807) is 0 Å². The highest BCUT2D eigenvalue weighted by molar-refractivity contribution is 5.92. The molecule has 104 valence electrons. The Morgan fingerprint density at radius 2 is 1.42 bits per heavy atom. The van der Waals surface area contributed by atoms with Gasteiger partial charge in [0.05, 0.1) is 0 Å². The number of fused-ring (bicyclic) bond motifs is 1. The molecule has 0 saturated carbocycles. The molecule has 0 aliphatic heterocycles. The Kier molecular flexibility index (Phi) is 4.30. The lowest BCUT2D eigenvalue weighted by molar-refractivity contribution is 0.0693. The van der Waals surface area contributed by atoms with Crippen LogP contribution in [0.1, 0.15) is 60.0 Å². The first-order valence-electron chi connectivity index (χ1n) is 6.91. The standard InChI is InChI=1S/C15H20O4/c16-13-9-12(15(18)19)14(17)11-8-6-4-2-1-3-5-7-10(11)13/h9,16-17H,1-8H2,(H,18,19). The van der Waals surface area contributed by atoms with E-state index in [2.05, 4.69) is 0 Å². The summed E-state index contributed by atoms with van der Waals surface area (Å²) >= 11 is 0. The minimum absolute atomic E-state index is 0.00535. The Hall–Kier alpha value is -1.71. The minimum Gasteiger partial charge on any atom is -0.508 e. The lowest BCUT2D eigenvalue weighted by Crippen LogP contribution is -2.05. The Morgan fingerprint density at radius 3 is 2.00 bits per heavy atom. The fourth-order valence-corrected chi connectivity index (χ4v) is 2.77. The molecule has 0 aromatic heterocycles. The topological polar surface area (TPSA) is 77.8 Å². The van der Waals surface area contributed by atoms with Crippen LogP contribution in [0.3, 0.4) is 0 Å². The molecular formula is C15H20O4. The summed E-state index contributed by atoms with van der Waals surface area (Å²) in [6.07, 6.45) is 7.80. The van der Waals surface area contributed by atoms with Crippen molar-refractivity contribution in [1.82, 2.24) is 0 Å². The van der Waals surface area contributed by atoms with E-state index in [-0.39, 0.29) is 17.1 Å². The third kappa shape index (κ3) is 3.00.